The third-order valence-electron chi connectivity index (χ3n) is 3.83. The molecule has 1 aromatic carbocycles. The molecule has 5 heteroatoms. The smallest absolute Gasteiger partial charge is 0.335 e. The Labute approximate surface area is 118 Å². The molecule has 20 heavy (non-hydrogen) atoms. The summed E-state index contributed by atoms with van der Waals surface area (Å²) in [5.74, 6) is 0.116. The second kappa shape index (κ2) is 5.86. The summed E-state index contributed by atoms with van der Waals surface area (Å²) in [5, 5.41) is 19.8. The van der Waals surface area contributed by atoms with Gasteiger partial charge in [-0.15, -0.1) is 5.10 Å². The summed E-state index contributed by atoms with van der Waals surface area (Å²) >= 11 is 0. The summed E-state index contributed by atoms with van der Waals surface area (Å²) in [6.07, 6.45) is 3.49. The summed E-state index contributed by atoms with van der Waals surface area (Å²) in [5.41, 5.74) is 3.04. The third-order valence-corrected chi connectivity index (χ3v) is 3.83. The summed E-state index contributed by atoms with van der Waals surface area (Å²) < 4.78 is 0. The molecule has 0 amide bonds. The van der Waals surface area contributed by atoms with Gasteiger partial charge in [0.15, 0.2) is 5.84 Å². The van der Waals surface area contributed by atoms with Crippen LogP contribution in [0.2, 0.25) is 0 Å². The Morgan fingerprint density at radius 1 is 1.40 bits per heavy atom. The molecule has 0 aliphatic heterocycles. The van der Waals surface area contributed by atoms with E-state index >= 15 is 0 Å². The predicted molar refractivity (Wildman–Crippen MR) is 79.9 cm³/mol. The molecule has 0 radical (unpaired) electrons. The highest BCUT2D eigenvalue weighted by Gasteiger charge is 2.25. The Hall–Kier alpha value is -2.17. The third kappa shape index (κ3) is 2.57. The van der Waals surface area contributed by atoms with Crippen LogP contribution in [0.25, 0.3) is 0 Å². The molecule has 0 unspecified atom stereocenters. The summed E-state index contributed by atoms with van der Waals surface area (Å²) in [6.45, 7) is 5.19. The van der Waals surface area contributed by atoms with Crippen molar-refractivity contribution >= 4 is 18.5 Å². The van der Waals surface area contributed by atoms with Gasteiger partial charge >= 0.3 is 5.97 Å². The Balaban J connectivity index is 2.60. The van der Waals surface area contributed by atoms with E-state index in [9.17, 15) is 9.90 Å². The van der Waals surface area contributed by atoms with E-state index in [1.54, 1.807) is 13.1 Å². The van der Waals surface area contributed by atoms with Crippen molar-refractivity contribution in [3.63, 3.8) is 0 Å². The highest BCUT2D eigenvalue weighted by Crippen LogP contribution is 2.39. The minimum Gasteiger partial charge on any atom is -0.478 e. The van der Waals surface area contributed by atoms with Gasteiger partial charge in [0.2, 0.25) is 0 Å². The fourth-order valence-corrected chi connectivity index (χ4v) is 2.53. The normalized spacial score (nSPS) is 15.6. The molecule has 0 saturated heterocycles. The standard InChI is InChI=1S/C15H19N3O2/c1-9-7-12(10-5-4-6-10)13(8-11(9)15(19)20)14(16-2)18-17-3/h7-8,10H,3-6H2,1-2H3,(H,16,18)(H,19,20). The van der Waals surface area contributed by atoms with E-state index in [1.807, 2.05) is 13.0 Å². The van der Waals surface area contributed by atoms with Gasteiger partial charge in [0.1, 0.15) is 0 Å². The number of nitrogens with one attached hydrogen (secondary N) is 1. The average molecular weight is 273 g/mol. The van der Waals surface area contributed by atoms with Crippen LogP contribution < -0.4 is 5.32 Å². The maximum absolute atomic E-state index is 11.3. The number of aromatic carboxylic acids is 1. The SMILES string of the molecule is C=N/N=C(\NC)c1cc(C(=O)O)c(C)cc1C1CCC1. The summed E-state index contributed by atoms with van der Waals surface area (Å²) in [6, 6.07) is 3.66. The molecule has 0 spiro atoms. The van der Waals surface area contributed by atoms with E-state index in [-0.39, 0.29) is 0 Å². The molecule has 0 bridgehead atoms. The first kappa shape index (κ1) is 14.2. The molecule has 1 aromatic rings. The van der Waals surface area contributed by atoms with Crippen molar-refractivity contribution in [2.24, 2.45) is 10.2 Å². The predicted octanol–water partition coefficient (Wildman–Crippen LogP) is 2.54. The van der Waals surface area contributed by atoms with Crippen LogP contribution in [-0.4, -0.2) is 30.7 Å². The van der Waals surface area contributed by atoms with Gasteiger partial charge in [0, 0.05) is 19.3 Å². The van der Waals surface area contributed by atoms with E-state index in [1.165, 1.54) is 6.42 Å². The number of aryl methyl sites for hydroxylation is 1. The zero-order chi connectivity index (χ0) is 14.7. The van der Waals surface area contributed by atoms with Crippen LogP contribution in [0, 0.1) is 6.92 Å². The largest absolute Gasteiger partial charge is 0.478 e. The molecule has 1 aliphatic rings. The fourth-order valence-electron chi connectivity index (χ4n) is 2.53. The fraction of sp³-hybridized carbons (Fsp3) is 0.400. The number of rotatable bonds is 4. The van der Waals surface area contributed by atoms with Gasteiger partial charge < -0.3 is 10.4 Å². The zero-order valence-electron chi connectivity index (χ0n) is 11.8. The number of amidine groups is 1. The van der Waals surface area contributed by atoms with Gasteiger partial charge in [0.25, 0.3) is 0 Å². The Kier molecular flexibility index (Phi) is 4.17. The molecule has 5 nitrogen and oxygen atoms in total. The van der Waals surface area contributed by atoms with Gasteiger partial charge in [-0.3, -0.25) is 0 Å². The second-order valence-corrected chi connectivity index (χ2v) is 5.03. The Morgan fingerprint density at radius 3 is 2.55 bits per heavy atom. The minimum atomic E-state index is -0.925. The number of nitrogens with zero attached hydrogens (tertiary/aromatic N) is 2. The van der Waals surface area contributed by atoms with Gasteiger partial charge in [-0.05, 0) is 42.9 Å². The maximum atomic E-state index is 11.3. The monoisotopic (exact) mass is 273 g/mol. The van der Waals surface area contributed by atoms with Crippen LogP contribution in [0.15, 0.2) is 22.3 Å². The van der Waals surface area contributed by atoms with E-state index in [4.69, 9.17) is 0 Å². The first-order chi connectivity index (χ1) is 9.58. The lowest BCUT2D eigenvalue weighted by molar-refractivity contribution is 0.0696. The molecule has 0 atom stereocenters. The number of benzene rings is 1. The van der Waals surface area contributed by atoms with Gasteiger partial charge in [-0.1, -0.05) is 12.5 Å². The lowest BCUT2D eigenvalue weighted by Gasteiger charge is -2.29. The highest BCUT2D eigenvalue weighted by atomic mass is 16.4. The van der Waals surface area contributed by atoms with Crippen molar-refractivity contribution in [1.82, 2.24) is 5.32 Å². The van der Waals surface area contributed by atoms with Crippen LogP contribution in [-0.2, 0) is 0 Å². The molecule has 2 N–H and O–H groups in total. The summed E-state index contributed by atoms with van der Waals surface area (Å²) in [4.78, 5) is 11.3. The molecule has 2 rings (SSSR count). The number of carboxylic acids is 1. The molecule has 106 valence electrons. The van der Waals surface area contributed by atoms with Crippen molar-refractivity contribution in [1.29, 1.82) is 0 Å². The maximum Gasteiger partial charge on any atom is 0.335 e. The topological polar surface area (TPSA) is 74.0 Å². The Bertz CT molecular complexity index is 575. The van der Waals surface area contributed by atoms with Crippen molar-refractivity contribution in [2.75, 3.05) is 7.05 Å². The number of hydrogen-bond acceptors (Lipinski definition) is 3. The van der Waals surface area contributed by atoms with Gasteiger partial charge in [0.05, 0.1) is 5.56 Å². The average Bonchev–Trinajstić information content (AvgIpc) is 2.34. The van der Waals surface area contributed by atoms with Crippen LogP contribution in [0.1, 0.15) is 52.2 Å². The molecule has 1 fully saturated rings. The van der Waals surface area contributed by atoms with E-state index in [0.29, 0.717) is 17.3 Å². The van der Waals surface area contributed by atoms with E-state index < -0.39 is 5.97 Å². The van der Waals surface area contributed by atoms with Crippen LogP contribution in [0.4, 0.5) is 0 Å². The Morgan fingerprint density at radius 2 is 2.10 bits per heavy atom. The van der Waals surface area contributed by atoms with E-state index in [0.717, 1.165) is 29.5 Å². The molecular formula is C15H19N3O2. The molecule has 1 aliphatic carbocycles. The molecule has 0 aromatic heterocycles. The van der Waals surface area contributed by atoms with Crippen molar-refractivity contribution in [2.45, 2.75) is 32.1 Å². The van der Waals surface area contributed by atoms with Gasteiger partial charge in [-0.2, -0.15) is 5.10 Å². The minimum absolute atomic E-state index is 0.301. The first-order valence-corrected chi connectivity index (χ1v) is 6.68. The molecular weight excluding hydrogens is 254 g/mol. The molecule has 1 saturated carbocycles. The number of hydrogen-bond donors (Lipinski definition) is 2. The van der Waals surface area contributed by atoms with Crippen LogP contribution in [0.5, 0.6) is 0 Å². The van der Waals surface area contributed by atoms with Crippen molar-refractivity contribution in [3.8, 4) is 0 Å². The van der Waals surface area contributed by atoms with Crippen molar-refractivity contribution in [3.05, 3.63) is 34.4 Å². The first-order valence-electron chi connectivity index (χ1n) is 6.68. The quantitative estimate of drug-likeness (QED) is 0.503. The second-order valence-electron chi connectivity index (χ2n) is 5.03. The summed E-state index contributed by atoms with van der Waals surface area (Å²) in [7, 11) is 1.74. The van der Waals surface area contributed by atoms with Crippen LogP contribution >= 0.6 is 0 Å². The van der Waals surface area contributed by atoms with Crippen molar-refractivity contribution < 1.29 is 9.90 Å². The lowest BCUT2D eigenvalue weighted by Crippen LogP contribution is -2.24. The van der Waals surface area contributed by atoms with Gasteiger partial charge in [-0.25, -0.2) is 4.79 Å². The van der Waals surface area contributed by atoms with Crippen LogP contribution in [0.3, 0.4) is 0 Å². The number of carboxylic acid groups (broad SMARTS) is 1. The lowest BCUT2D eigenvalue weighted by atomic mass is 9.77. The molecule has 0 heterocycles. The number of carbonyl (C=O) groups is 1. The van der Waals surface area contributed by atoms with E-state index in [2.05, 4.69) is 22.2 Å². The zero-order valence-corrected chi connectivity index (χ0v) is 11.8. The highest BCUT2D eigenvalue weighted by molar-refractivity contribution is 6.02.